The number of likely N-dealkylation sites (tertiary alicyclic amines) is 1. The molecular formula is C20H18N4O3S. The Morgan fingerprint density at radius 1 is 1.29 bits per heavy atom. The lowest BCUT2D eigenvalue weighted by molar-refractivity contribution is -0.140. The zero-order valence-electron chi connectivity index (χ0n) is 15.3. The van der Waals surface area contributed by atoms with E-state index in [1.807, 2.05) is 23.6 Å². The molecule has 1 amide bonds. The van der Waals surface area contributed by atoms with Crippen LogP contribution < -0.4 is 0 Å². The molecule has 0 aromatic carbocycles. The molecule has 7 nitrogen and oxygen atoms in total. The maximum atomic E-state index is 12.9. The van der Waals surface area contributed by atoms with Crippen molar-refractivity contribution in [3.63, 3.8) is 0 Å². The van der Waals surface area contributed by atoms with Crippen LogP contribution in [0.2, 0.25) is 0 Å². The number of aryl methyl sites for hydroxylation is 2. The number of aromatic nitrogens is 3. The Kier molecular flexibility index (Phi) is 4.56. The van der Waals surface area contributed by atoms with E-state index in [1.165, 1.54) is 16.2 Å². The van der Waals surface area contributed by atoms with Crippen LogP contribution in [0.5, 0.6) is 0 Å². The molecule has 1 atom stereocenters. The summed E-state index contributed by atoms with van der Waals surface area (Å²) in [5.74, 6) is -1.53. The first-order chi connectivity index (χ1) is 13.5. The average molecular weight is 394 g/mol. The molecule has 3 aromatic rings. The second kappa shape index (κ2) is 7.05. The molecule has 0 spiro atoms. The van der Waals surface area contributed by atoms with Crippen LogP contribution in [0.15, 0.2) is 47.6 Å². The number of carbonyl (C=O) groups excluding carboxylic acids is 2. The molecule has 142 valence electrons. The molecule has 1 aliphatic heterocycles. The summed E-state index contributed by atoms with van der Waals surface area (Å²) in [6.45, 7) is 3.73. The third kappa shape index (κ3) is 2.91. The number of nitrogens with one attached hydrogen (secondary N) is 1. The average Bonchev–Trinajstić information content (AvgIpc) is 3.38. The molecular weight excluding hydrogens is 376 g/mol. The van der Waals surface area contributed by atoms with Crippen molar-refractivity contribution in [3.8, 4) is 0 Å². The highest BCUT2D eigenvalue weighted by Gasteiger charge is 2.46. The van der Waals surface area contributed by atoms with Gasteiger partial charge in [-0.1, -0.05) is 12.1 Å². The first kappa shape index (κ1) is 18.1. The van der Waals surface area contributed by atoms with Gasteiger partial charge in [-0.3, -0.25) is 19.7 Å². The van der Waals surface area contributed by atoms with Gasteiger partial charge < -0.3 is 10.0 Å². The number of hydrogen-bond donors (Lipinski definition) is 2. The van der Waals surface area contributed by atoms with Crippen molar-refractivity contribution in [2.45, 2.75) is 26.4 Å². The van der Waals surface area contributed by atoms with Gasteiger partial charge in [0.25, 0.3) is 11.7 Å². The Hall–Kier alpha value is -3.26. The fourth-order valence-corrected chi connectivity index (χ4v) is 4.35. The number of aliphatic hydroxyl groups is 1. The number of aliphatic hydroxyl groups excluding tert-OH is 1. The quantitative estimate of drug-likeness (QED) is 0.402. The highest BCUT2D eigenvalue weighted by Crippen LogP contribution is 2.42. The molecule has 1 fully saturated rings. The molecule has 2 N–H and O–H groups in total. The van der Waals surface area contributed by atoms with E-state index in [4.69, 9.17) is 0 Å². The summed E-state index contributed by atoms with van der Waals surface area (Å²) in [6, 6.07) is 6.69. The van der Waals surface area contributed by atoms with Crippen molar-refractivity contribution in [1.29, 1.82) is 0 Å². The topological polar surface area (TPSA) is 99.2 Å². The van der Waals surface area contributed by atoms with Gasteiger partial charge in [0, 0.05) is 29.5 Å². The maximum Gasteiger partial charge on any atom is 0.295 e. The van der Waals surface area contributed by atoms with Crippen LogP contribution in [0.1, 0.15) is 33.4 Å². The number of ketones is 1. The van der Waals surface area contributed by atoms with Crippen LogP contribution in [-0.4, -0.2) is 36.9 Å². The lowest BCUT2D eigenvalue weighted by atomic mass is 9.99. The fraction of sp³-hybridized carbons (Fsp3) is 0.200. The minimum atomic E-state index is -0.695. The van der Waals surface area contributed by atoms with Gasteiger partial charge in [0.15, 0.2) is 0 Å². The third-order valence-corrected chi connectivity index (χ3v) is 5.72. The number of carbonyl (C=O) groups is 2. The standard InChI is InChI=1S/C20H18N4O3S/c1-11-15(12(2)23-22-11)18(25)16-17(14-6-4-8-28-14)24(20(27)19(16)26)10-13-5-3-7-21-9-13/h3-9,17,25H,10H2,1-2H3,(H,22,23)/t17-/m1/s1. The molecule has 0 aliphatic carbocycles. The number of rotatable bonds is 4. The summed E-state index contributed by atoms with van der Waals surface area (Å²) in [6.07, 6.45) is 3.31. The molecule has 0 saturated carbocycles. The van der Waals surface area contributed by atoms with Crippen LogP contribution in [0.3, 0.4) is 0 Å². The molecule has 0 radical (unpaired) electrons. The van der Waals surface area contributed by atoms with Crippen LogP contribution in [-0.2, 0) is 16.1 Å². The Balaban J connectivity index is 1.87. The normalized spacial score (nSPS) is 18.8. The van der Waals surface area contributed by atoms with Crippen molar-refractivity contribution in [2.75, 3.05) is 0 Å². The van der Waals surface area contributed by atoms with Crippen molar-refractivity contribution in [2.24, 2.45) is 0 Å². The molecule has 28 heavy (non-hydrogen) atoms. The Morgan fingerprint density at radius 2 is 2.11 bits per heavy atom. The SMILES string of the molecule is Cc1n[nH]c(C)c1C(O)=C1C(=O)C(=O)N(Cc2cccnc2)[C@@H]1c1cccs1. The number of aromatic amines is 1. The van der Waals surface area contributed by atoms with Crippen molar-refractivity contribution >= 4 is 28.8 Å². The van der Waals surface area contributed by atoms with E-state index in [-0.39, 0.29) is 17.9 Å². The lowest BCUT2D eigenvalue weighted by Gasteiger charge is -2.24. The molecule has 4 heterocycles. The van der Waals surface area contributed by atoms with Crippen LogP contribution in [0.4, 0.5) is 0 Å². The predicted molar refractivity (Wildman–Crippen MR) is 104 cm³/mol. The molecule has 0 unspecified atom stereocenters. The number of nitrogens with zero attached hydrogens (tertiary/aromatic N) is 3. The van der Waals surface area contributed by atoms with Gasteiger partial charge in [0.05, 0.1) is 22.9 Å². The molecule has 0 bridgehead atoms. The van der Waals surface area contributed by atoms with Crippen molar-refractivity contribution < 1.29 is 14.7 Å². The number of Topliss-reactive ketones (excluding diaryl/α,β-unsaturated/α-hetero) is 1. The van der Waals surface area contributed by atoms with E-state index in [0.29, 0.717) is 17.0 Å². The first-order valence-electron chi connectivity index (χ1n) is 8.71. The molecule has 4 rings (SSSR count). The van der Waals surface area contributed by atoms with Gasteiger partial charge in [-0.15, -0.1) is 11.3 Å². The predicted octanol–water partition coefficient (Wildman–Crippen LogP) is 3.10. The smallest absolute Gasteiger partial charge is 0.295 e. The lowest BCUT2D eigenvalue weighted by Crippen LogP contribution is -2.28. The second-order valence-electron chi connectivity index (χ2n) is 6.61. The number of hydrogen-bond acceptors (Lipinski definition) is 6. The van der Waals surface area contributed by atoms with E-state index in [2.05, 4.69) is 15.2 Å². The van der Waals surface area contributed by atoms with Gasteiger partial charge in [0.1, 0.15) is 5.76 Å². The van der Waals surface area contributed by atoms with Gasteiger partial charge >= 0.3 is 0 Å². The highest BCUT2D eigenvalue weighted by molar-refractivity contribution is 7.10. The van der Waals surface area contributed by atoms with E-state index in [1.54, 1.807) is 32.3 Å². The maximum absolute atomic E-state index is 12.9. The van der Waals surface area contributed by atoms with Crippen LogP contribution in [0.25, 0.3) is 5.76 Å². The van der Waals surface area contributed by atoms with E-state index < -0.39 is 17.7 Å². The number of thiophene rings is 1. The highest BCUT2D eigenvalue weighted by atomic mass is 32.1. The molecule has 1 saturated heterocycles. The molecule has 1 aliphatic rings. The van der Waals surface area contributed by atoms with Crippen molar-refractivity contribution in [3.05, 3.63) is 75.0 Å². The Labute approximate surface area is 165 Å². The summed E-state index contributed by atoms with van der Waals surface area (Å²) >= 11 is 1.43. The number of amides is 1. The largest absolute Gasteiger partial charge is 0.507 e. The van der Waals surface area contributed by atoms with Gasteiger partial charge in [-0.25, -0.2) is 0 Å². The molecule has 8 heteroatoms. The summed E-state index contributed by atoms with van der Waals surface area (Å²) in [5, 5.41) is 19.8. The van der Waals surface area contributed by atoms with Gasteiger partial charge in [-0.2, -0.15) is 5.10 Å². The van der Waals surface area contributed by atoms with Gasteiger partial charge in [-0.05, 0) is 36.9 Å². The summed E-state index contributed by atoms with van der Waals surface area (Å²) < 4.78 is 0. The number of H-pyrrole nitrogens is 1. The van der Waals surface area contributed by atoms with Gasteiger partial charge in [0.2, 0.25) is 0 Å². The molecule has 3 aromatic heterocycles. The van der Waals surface area contributed by atoms with Crippen LogP contribution in [0, 0.1) is 13.8 Å². The minimum absolute atomic E-state index is 0.0870. The van der Waals surface area contributed by atoms with E-state index >= 15 is 0 Å². The second-order valence-corrected chi connectivity index (χ2v) is 7.59. The Bertz CT molecular complexity index is 1050. The number of pyridine rings is 1. The minimum Gasteiger partial charge on any atom is -0.507 e. The zero-order valence-corrected chi connectivity index (χ0v) is 16.2. The third-order valence-electron chi connectivity index (χ3n) is 4.79. The van der Waals surface area contributed by atoms with E-state index in [9.17, 15) is 14.7 Å². The van der Waals surface area contributed by atoms with Crippen molar-refractivity contribution in [1.82, 2.24) is 20.1 Å². The first-order valence-corrected chi connectivity index (χ1v) is 9.59. The Morgan fingerprint density at radius 3 is 2.71 bits per heavy atom. The summed E-state index contributed by atoms with van der Waals surface area (Å²) in [4.78, 5) is 32.2. The summed E-state index contributed by atoms with van der Waals surface area (Å²) in [5.41, 5.74) is 2.56. The zero-order chi connectivity index (χ0) is 19.8. The van der Waals surface area contributed by atoms with Crippen LogP contribution >= 0.6 is 11.3 Å². The van der Waals surface area contributed by atoms with E-state index in [0.717, 1.165) is 10.4 Å². The fourth-order valence-electron chi connectivity index (χ4n) is 3.51. The monoisotopic (exact) mass is 394 g/mol. The summed E-state index contributed by atoms with van der Waals surface area (Å²) in [7, 11) is 0.